The third kappa shape index (κ3) is 3.68. The van der Waals surface area contributed by atoms with E-state index in [0.29, 0.717) is 6.54 Å². The number of nitrogens with one attached hydrogen (secondary N) is 1. The predicted octanol–water partition coefficient (Wildman–Crippen LogP) is 1.82. The van der Waals surface area contributed by atoms with Gasteiger partial charge in [-0.3, -0.25) is 4.79 Å². The summed E-state index contributed by atoms with van der Waals surface area (Å²) < 4.78 is 12.7. The molecule has 1 saturated heterocycles. The van der Waals surface area contributed by atoms with Crippen LogP contribution in [0.2, 0.25) is 0 Å². The monoisotopic (exact) mass is 272 g/mol. The van der Waals surface area contributed by atoms with E-state index < -0.39 is 0 Å². The maximum Gasteiger partial charge on any atom is 0.227 e. The van der Waals surface area contributed by atoms with Gasteiger partial charge in [0.1, 0.15) is 5.82 Å². The van der Waals surface area contributed by atoms with Crippen LogP contribution in [0.3, 0.4) is 0 Å². The highest BCUT2D eigenvalue weighted by Crippen LogP contribution is 2.13. The van der Waals surface area contributed by atoms with E-state index in [9.17, 15) is 9.18 Å². The lowest BCUT2D eigenvalue weighted by Crippen LogP contribution is -2.33. The lowest BCUT2D eigenvalue weighted by Gasteiger charge is -2.20. The summed E-state index contributed by atoms with van der Waals surface area (Å²) in [5.41, 5.74) is 0.952. The summed E-state index contributed by atoms with van der Waals surface area (Å²) in [5, 5.41) is 3.18. The van der Waals surface area contributed by atoms with Gasteiger partial charge in [0, 0.05) is 20.1 Å². The fourth-order valence-electron chi connectivity index (χ4n) is 2.12. The number of amides is 1. The maximum absolute atomic E-state index is 12.7. The highest BCUT2D eigenvalue weighted by Gasteiger charge is 2.25. The highest BCUT2D eigenvalue weighted by atomic mass is 35.5. The largest absolute Gasteiger partial charge is 0.341 e. The number of halogens is 2. The van der Waals surface area contributed by atoms with Gasteiger partial charge in [0.25, 0.3) is 0 Å². The van der Waals surface area contributed by atoms with Crippen LogP contribution in [-0.2, 0) is 11.3 Å². The summed E-state index contributed by atoms with van der Waals surface area (Å²) in [7, 11) is 1.80. The number of nitrogens with zero attached hydrogens (tertiary/aromatic N) is 1. The van der Waals surface area contributed by atoms with E-state index >= 15 is 0 Å². The van der Waals surface area contributed by atoms with Crippen molar-refractivity contribution in [2.45, 2.75) is 13.0 Å². The van der Waals surface area contributed by atoms with Crippen LogP contribution in [0.15, 0.2) is 24.3 Å². The number of carbonyl (C=O) groups excluding carboxylic acids is 1. The Balaban J connectivity index is 0.00000162. The van der Waals surface area contributed by atoms with Crippen molar-refractivity contribution in [3.63, 3.8) is 0 Å². The minimum atomic E-state index is -0.247. The Morgan fingerprint density at radius 3 is 2.67 bits per heavy atom. The summed E-state index contributed by atoms with van der Waals surface area (Å²) in [6.45, 7) is 2.23. The molecule has 0 spiro atoms. The van der Waals surface area contributed by atoms with Gasteiger partial charge < -0.3 is 10.2 Å². The molecular weight excluding hydrogens is 255 g/mol. The third-order valence-electron chi connectivity index (χ3n) is 3.12. The first-order chi connectivity index (χ1) is 8.16. The zero-order valence-electron chi connectivity index (χ0n) is 10.4. The molecule has 3 nitrogen and oxygen atoms in total. The molecule has 5 heteroatoms. The van der Waals surface area contributed by atoms with E-state index in [0.717, 1.165) is 25.1 Å². The van der Waals surface area contributed by atoms with Gasteiger partial charge in [-0.1, -0.05) is 12.1 Å². The number of carbonyl (C=O) groups is 1. The van der Waals surface area contributed by atoms with Gasteiger partial charge in [0.2, 0.25) is 5.91 Å². The van der Waals surface area contributed by atoms with Gasteiger partial charge in [-0.15, -0.1) is 12.4 Å². The van der Waals surface area contributed by atoms with E-state index in [-0.39, 0.29) is 30.0 Å². The molecule has 1 atom stereocenters. The molecule has 1 unspecified atom stereocenters. The molecule has 0 radical (unpaired) electrons. The average Bonchev–Trinajstić information content (AvgIpc) is 2.84. The standard InChI is InChI=1S/C13H17FN2O.ClH/c1-16(13(17)11-6-7-15-8-11)9-10-2-4-12(14)5-3-10;/h2-5,11,15H,6-9H2,1H3;1H. The molecule has 2 rings (SSSR count). The Labute approximate surface area is 113 Å². The van der Waals surface area contributed by atoms with Gasteiger partial charge in [-0.2, -0.15) is 0 Å². The topological polar surface area (TPSA) is 32.3 Å². The Kier molecular flexibility index (Phi) is 5.56. The lowest BCUT2D eigenvalue weighted by atomic mass is 10.1. The lowest BCUT2D eigenvalue weighted by molar-refractivity contribution is -0.134. The van der Waals surface area contributed by atoms with Crippen LogP contribution in [0.4, 0.5) is 4.39 Å². The molecule has 1 amide bonds. The SMILES string of the molecule is CN(Cc1ccc(F)cc1)C(=O)C1CCNC1.Cl. The molecule has 1 heterocycles. The summed E-state index contributed by atoms with van der Waals surface area (Å²) >= 11 is 0. The second kappa shape index (κ2) is 6.71. The van der Waals surface area contributed by atoms with Crippen molar-refractivity contribution in [2.75, 3.05) is 20.1 Å². The zero-order chi connectivity index (χ0) is 12.3. The van der Waals surface area contributed by atoms with Crippen LogP contribution in [-0.4, -0.2) is 30.9 Å². The van der Waals surface area contributed by atoms with Crippen LogP contribution in [0.5, 0.6) is 0 Å². The predicted molar refractivity (Wildman–Crippen MR) is 71.1 cm³/mol. The van der Waals surface area contributed by atoms with Gasteiger partial charge in [0.05, 0.1) is 5.92 Å². The summed E-state index contributed by atoms with van der Waals surface area (Å²) in [5.74, 6) is 0.0162. The van der Waals surface area contributed by atoms with Crippen molar-refractivity contribution in [3.05, 3.63) is 35.6 Å². The smallest absolute Gasteiger partial charge is 0.227 e. The van der Waals surface area contributed by atoms with E-state index in [2.05, 4.69) is 5.32 Å². The summed E-state index contributed by atoms with van der Waals surface area (Å²) in [6, 6.07) is 6.27. The van der Waals surface area contributed by atoms with E-state index in [4.69, 9.17) is 0 Å². The fourth-order valence-corrected chi connectivity index (χ4v) is 2.12. The minimum Gasteiger partial charge on any atom is -0.341 e. The van der Waals surface area contributed by atoms with E-state index in [1.807, 2.05) is 0 Å². The maximum atomic E-state index is 12.7. The van der Waals surface area contributed by atoms with Gasteiger partial charge >= 0.3 is 0 Å². The number of rotatable bonds is 3. The first kappa shape index (κ1) is 14.9. The molecule has 1 aliphatic heterocycles. The Morgan fingerprint density at radius 1 is 1.44 bits per heavy atom. The number of hydrogen-bond acceptors (Lipinski definition) is 2. The molecule has 0 aromatic heterocycles. The average molecular weight is 273 g/mol. The Hall–Kier alpha value is -1.13. The number of benzene rings is 1. The quantitative estimate of drug-likeness (QED) is 0.910. The van der Waals surface area contributed by atoms with Crippen LogP contribution in [0, 0.1) is 11.7 Å². The normalized spacial score (nSPS) is 18.2. The van der Waals surface area contributed by atoms with Crippen LogP contribution >= 0.6 is 12.4 Å². The van der Waals surface area contributed by atoms with Gasteiger partial charge in [-0.05, 0) is 30.7 Å². The third-order valence-corrected chi connectivity index (χ3v) is 3.12. The second-order valence-electron chi connectivity index (χ2n) is 4.51. The molecule has 1 aromatic rings. The van der Waals surface area contributed by atoms with Crippen molar-refractivity contribution < 1.29 is 9.18 Å². The minimum absolute atomic E-state index is 0. The van der Waals surface area contributed by atoms with Crippen LogP contribution < -0.4 is 5.32 Å². The van der Waals surface area contributed by atoms with E-state index in [1.54, 1.807) is 24.1 Å². The highest BCUT2D eigenvalue weighted by molar-refractivity contribution is 5.85. The van der Waals surface area contributed by atoms with E-state index in [1.165, 1.54) is 12.1 Å². The van der Waals surface area contributed by atoms with Crippen LogP contribution in [0.1, 0.15) is 12.0 Å². The van der Waals surface area contributed by atoms with Crippen molar-refractivity contribution in [1.82, 2.24) is 10.2 Å². The molecule has 1 aliphatic rings. The van der Waals surface area contributed by atoms with Crippen LogP contribution in [0.25, 0.3) is 0 Å². The molecular formula is C13H18ClFN2O. The molecule has 0 bridgehead atoms. The molecule has 1 N–H and O–H groups in total. The van der Waals surface area contributed by atoms with Gasteiger partial charge in [0.15, 0.2) is 0 Å². The molecule has 100 valence electrons. The van der Waals surface area contributed by atoms with Crippen molar-refractivity contribution >= 4 is 18.3 Å². The zero-order valence-corrected chi connectivity index (χ0v) is 11.2. The van der Waals surface area contributed by atoms with Gasteiger partial charge in [-0.25, -0.2) is 4.39 Å². The first-order valence-corrected chi connectivity index (χ1v) is 5.87. The molecule has 0 aliphatic carbocycles. The fraction of sp³-hybridized carbons (Fsp3) is 0.462. The summed E-state index contributed by atoms with van der Waals surface area (Å²) in [4.78, 5) is 13.7. The molecule has 1 fully saturated rings. The number of hydrogen-bond donors (Lipinski definition) is 1. The molecule has 18 heavy (non-hydrogen) atoms. The van der Waals surface area contributed by atoms with Crippen molar-refractivity contribution in [2.24, 2.45) is 5.92 Å². The van der Waals surface area contributed by atoms with Crippen molar-refractivity contribution in [3.8, 4) is 0 Å². The first-order valence-electron chi connectivity index (χ1n) is 5.87. The molecule has 1 aromatic carbocycles. The second-order valence-corrected chi connectivity index (χ2v) is 4.51. The van der Waals surface area contributed by atoms with Crippen molar-refractivity contribution in [1.29, 1.82) is 0 Å². The Bertz CT molecular complexity index is 390. The Morgan fingerprint density at radius 2 is 2.11 bits per heavy atom. The summed E-state index contributed by atoms with van der Waals surface area (Å²) in [6.07, 6.45) is 0.909. The molecule has 0 saturated carbocycles.